The van der Waals surface area contributed by atoms with E-state index < -0.39 is 0 Å². The van der Waals surface area contributed by atoms with Crippen molar-refractivity contribution in [3.8, 4) is 0 Å². The van der Waals surface area contributed by atoms with Gasteiger partial charge in [-0.25, -0.2) is 0 Å². The van der Waals surface area contributed by atoms with Gasteiger partial charge in [0, 0.05) is 19.7 Å². The molecule has 78 valence electrons. The summed E-state index contributed by atoms with van der Waals surface area (Å²) in [6.07, 6.45) is 2.25. The topological polar surface area (TPSA) is 49.2 Å². The molecule has 14 heavy (non-hydrogen) atoms. The van der Waals surface area contributed by atoms with Crippen molar-refractivity contribution in [1.82, 2.24) is 10.2 Å². The standard InChI is InChI=1S/C8H12BrN3OS/c9-7-10-11-8(14-7)12-3-1-2-6(4-12)5-13/h6,13H,1-5H2. The van der Waals surface area contributed by atoms with Crippen molar-refractivity contribution in [2.24, 2.45) is 5.92 Å². The van der Waals surface area contributed by atoms with Gasteiger partial charge in [-0.2, -0.15) is 0 Å². The molecule has 1 aromatic heterocycles. The lowest BCUT2D eigenvalue weighted by atomic mass is 10.00. The van der Waals surface area contributed by atoms with Gasteiger partial charge in [0.05, 0.1) is 0 Å². The minimum absolute atomic E-state index is 0.274. The maximum absolute atomic E-state index is 9.09. The summed E-state index contributed by atoms with van der Waals surface area (Å²) in [4.78, 5) is 2.20. The van der Waals surface area contributed by atoms with E-state index in [1.165, 1.54) is 0 Å². The van der Waals surface area contributed by atoms with Crippen molar-refractivity contribution in [3.63, 3.8) is 0 Å². The first-order chi connectivity index (χ1) is 6.79. The minimum atomic E-state index is 0.274. The quantitative estimate of drug-likeness (QED) is 0.891. The number of rotatable bonds is 2. The molecule has 6 heteroatoms. The summed E-state index contributed by atoms with van der Waals surface area (Å²) >= 11 is 4.85. The van der Waals surface area contributed by atoms with Crippen molar-refractivity contribution in [2.45, 2.75) is 12.8 Å². The maximum Gasteiger partial charge on any atom is 0.209 e. The number of nitrogens with zero attached hydrogens (tertiary/aromatic N) is 3. The van der Waals surface area contributed by atoms with E-state index in [0.717, 1.165) is 35.0 Å². The zero-order valence-electron chi connectivity index (χ0n) is 7.69. The molecule has 1 saturated heterocycles. The van der Waals surface area contributed by atoms with Gasteiger partial charge in [0.1, 0.15) is 0 Å². The highest BCUT2D eigenvalue weighted by Gasteiger charge is 2.21. The average molecular weight is 278 g/mol. The molecule has 0 radical (unpaired) electrons. The third-order valence-corrected chi connectivity index (χ3v) is 3.85. The molecule has 4 nitrogen and oxygen atoms in total. The Balaban J connectivity index is 2.04. The van der Waals surface area contributed by atoms with Crippen LogP contribution in [0.25, 0.3) is 0 Å². The third kappa shape index (κ3) is 2.24. The van der Waals surface area contributed by atoms with Crippen molar-refractivity contribution < 1.29 is 5.11 Å². The second-order valence-corrected chi connectivity index (χ2v) is 5.71. The lowest BCUT2D eigenvalue weighted by Crippen LogP contribution is -2.36. The van der Waals surface area contributed by atoms with Crippen LogP contribution in [-0.2, 0) is 0 Å². The second-order valence-electron chi connectivity index (χ2n) is 3.47. The SMILES string of the molecule is OCC1CCCN(c2nnc(Br)s2)C1. The van der Waals surface area contributed by atoms with E-state index in [-0.39, 0.29) is 6.61 Å². The summed E-state index contributed by atoms with van der Waals surface area (Å²) in [5.41, 5.74) is 0. The first-order valence-corrected chi connectivity index (χ1v) is 6.25. The fraction of sp³-hybridized carbons (Fsp3) is 0.750. The Hall–Kier alpha value is -0.200. The Morgan fingerprint density at radius 1 is 1.57 bits per heavy atom. The van der Waals surface area contributed by atoms with Gasteiger partial charge in [0.25, 0.3) is 0 Å². The van der Waals surface area contributed by atoms with E-state index in [4.69, 9.17) is 5.11 Å². The highest BCUT2D eigenvalue weighted by molar-refractivity contribution is 9.11. The highest BCUT2D eigenvalue weighted by atomic mass is 79.9. The number of piperidine rings is 1. The number of aromatic nitrogens is 2. The molecule has 0 bridgehead atoms. The average Bonchev–Trinajstić information content (AvgIpc) is 2.65. The van der Waals surface area contributed by atoms with Gasteiger partial charge in [-0.1, -0.05) is 11.3 Å². The van der Waals surface area contributed by atoms with E-state index in [1.807, 2.05) is 0 Å². The van der Waals surface area contributed by atoms with Crippen LogP contribution in [0.5, 0.6) is 0 Å². The van der Waals surface area contributed by atoms with Crippen molar-refractivity contribution in [3.05, 3.63) is 3.92 Å². The first kappa shape index (κ1) is 10.3. The van der Waals surface area contributed by atoms with Gasteiger partial charge in [-0.15, -0.1) is 10.2 Å². The molecule has 1 unspecified atom stereocenters. The van der Waals surface area contributed by atoms with Crippen molar-refractivity contribution in [2.75, 3.05) is 24.6 Å². The Morgan fingerprint density at radius 3 is 3.07 bits per heavy atom. The van der Waals surface area contributed by atoms with Gasteiger partial charge in [0.15, 0.2) is 3.92 Å². The predicted octanol–water partition coefficient (Wildman–Crippen LogP) is 1.51. The van der Waals surface area contributed by atoms with E-state index in [9.17, 15) is 0 Å². The molecule has 2 heterocycles. The maximum atomic E-state index is 9.09. The number of hydrogen-bond acceptors (Lipinski definition) is 5. The summed E-state index contributed by atoms with van der Waals surface area (Å²) in [6, 6.07) is 0. The number of aliphatic hydroxyl groups is 1. The summed E-state index contributed by atoms with van der Waals surface area (Å²) in [5, 5.41) is 18.0. The van der Waals surface area contributed by atoms with Crippen LogP contribution in [0.2, 0.25) is 0 Å². The van der Waals surface area contributed by atoms with E-state index in [1.54, 1.807) is 11.3 Å². The number of anilines is 1. The van der Waals surface area contributed by atoms with Crippen LogP contribution >= 0.6 is 27.3 Å². The predicted molar refractivity (Wildman–Crippen MR) is 59.6 cm³/mol. The van der Waals surface area contributed by atoms with Crippen molar-refractivity contribution >= 4 is 32.4 Å². The molecule has 1 atom stereocenters. The summed E-state index contributed by atoms with van der Waals surface area (Å²) in [5.74, 6) is 0.395. The second kappa shape index (κ2) is 4.55. The molecule has 1 aliphatic heterocycles. The number of aliphatic hydroxyl groups excluding tert-OH is 1. The normalized spacial score (nSPS) is 22.7. The molecular formula is C8H12BrN3OS. The summed E-state index contributed by atoms with van der Waals surface area (Å²) in [6.45, 7) is 2.20. The molecular weight excluding hydrogens is 266 g/mol. The fourth-order valence-electron chi connectivity index (χ4n) is 1.71. The molecule has 0 aromatic carbocycles. The molecule has 1 aliphatic rings. The molecule has 0 spiro atoms. The lowest BCUT2D eigenvalue weighted by Gasteiger charge is -2.30. The van der Waals surface area contributed by atoms with Crippen LogP contribution in [0, 0.1) is 5.92 Å². The van der Waals surface area contributed by atoms with Gasteiger partial charge in [-0.05, 0) is 34.7 Å². The van der Waals surface area contributed by atoms with Crippen molar-refractivity contribution in [1.29, 1.82) is 0 Å². The zero-order valence-corrected chi connectivity index (χ0v) is 10.1. The Bertz CT molecular complexity index is 307. The van der Waals surface area contributed by atoms with E-state index in [2.05, 4.69) is 31.0 Å². The molecule has 1 N–H and O–H groups in total. The monoisotopic (exact) mass is 277 g/mol. The van der Waals surface area contributed by atoms with E-state index >= 15 is 0 Å². The van der Waals surface area contributed by atoms with Gasteiger partial charge < -0.3 is 10.0 Å². The van der Waals surface area contributed by atoms with Crippen LogP contribution < -0.4 is 4.90 Å². The summed E-state index contributed by atoms with van der Waals surface area (Å²) in [7, 11) is 0. The smallest absolute Gasteiger partial charge is 0.209 e. The fourth-order valence-corrected chi connectivity index (χ4v) is 2.84. The highest BCUT2D eigenvalue weighted by Crippen LogP contribution is 2.27. The van der Waals surface area contributed by atoms with E-state index in [0.29, 0.717) is 5.92 Å². The molecule has 0 aliphatic carbocycles. The Labute approximate surface area is 95.1 Å². The Kier molecular flexibility index (Phi) is 3.35. The summed E-state index contributed by atoms with van der Waals surface area (Å²) < 4.78 is 0.818. The first-order valence-electron chi connectivity index (χ1n) is 4.64. The number of halogens is 1. The third-order valence-electron chi connectivity index (χ3n) is 2.44. The van der Waals surface area contributed by atoms with Crippen LogP contribution in [0.15, 0.2) is 3.92 Å². The zero-order chi connectivity index (χ0) is 9.97. The minimum Gasteiger partial charge on any atom is -0.396 e. The van der Waals surface area contributed by atoms with Crippen LogP contribution in [0.4, 0.5) is 5.13 Å². The largest absolute Gasteiger partial charge is 0.396 e. The molecule has 0 saturated carbocycles. The van der Waals surface area contributed by atoms with Crippen LogP contribution in [-0.4, -0.2) is 35.0 Å². The van der Waals surface area contributed by atoms with Gasteiger partial charge >= 0.3 is 0 Å². The lowest BCUT2D eigenvalue weighted by molar-refractivity contribution is 0.208. The molecule has 1 aromatic rings. The molecule has 2 rings (SSSR count). The van der Waals surface area contributed by atoms with Gasteiger partial charge in [-0.3, -0.25) is 0 Å². The van der Waals surface area contributed by atoms with Crippen LogP contribution in [0.1, 0.15) is 12.8 Å². The number of hydrogen-bond donors (Lipinski definition) is 1. The molecule has 1 fully saturated rings. The van der Waals surface area contributed by atoms with Crippen LogP contribution in [0.3, 0.4) is 0 Å². The van der Waals surface area contributed by atoms with Gasteiger partial charge in [0.2, 0.25) is 5.13 Å². The Morgan fingerprint density at radius 2 is 2.43 bits per heavy atom. The molecule has 0 amide bonds.